The van der Waals surface area contributed by atoms with Crippen molar-refractivity contribution in [1.82, 2.24) is 0 Å². The van der Waals surface area contributed by atoms with Crippen molar-refractivity contribution >= 4 is 21.6 Å². The summed E-state index contributed by atoms with van der Waals surface area (Å²) in [6, 6.07) is 2.92. The van der Waals surface area contributed by atoms with Gasteiger partial charge in [0.25, 0.3) is 0 Å². The first-order chi connectivity index (χ1) is 9.77. The molecule has 0 radical (unpaired) electrons. The average molecular weight is 312 g/mol. The van der Waals surface area contributed by atoms with Gasteiger partial charge in [-0.3, -0.25) is 4.79 Å². The van der Waals surface area contributed by atoms with Crippen LogP contribution in [-0.4, -0.2) is 27.0 Å². The van der Waals surface area contributed by atoms with E-state index >= 15 is 0 Å². The molecule has 1 aromatic rings. The van der Waals surface area contributed by atoms with Gasteiger partial charge in [0.2, 0.25) is 15.9 Å². The topological polar surface area (TPSA) is 98.5 Å². The van der Waals surface area contributed by atoms with E-state index in [1.54, 1.807) is 13.8 Å². The minimum Gasteiger partial charge on any atom is -0.378 e. The molecule has 0 spiro atoms. The molecule has 0 saturated carbocycles. The first-order valence-corrected chi connectivity index (χ1v) is 8.37. The number of primary sulfonamides is 1. The highest BCUT2D eigenvalue weighted by molar-refractivity contribution is 7.89. The quantitative estimate of drug-likeness (QED) is 0.879. The predicted molar refractivity (Wildman–Crippen MR) is 79.5 cm³/mol. The SMILES string of the molecule is Cc1cc(S(N)(=O)=O)cc(C)c1NC(=O)CC1CCCO1. The van der Waals surface area contributed by atoms with Crippen molar-refractivity contribution in [1.29, 1.82) is 0 Å². The maximum Gasteiger partial charge on any atom is 0.238 e. The monoisotopic (exact) mass is 312 g/mol. The van der Waals surface area contributed by atoms with Crippen LogP contribution in [0.1, 0.15) is 30.4 Å². The number of aryl methyl sites for hydroxylation is 2. The minimum absolute atomic E-state index is 0.0192. The Morgan fingerprint density at radius 2 is 2.00 bits per heavy atom. The molecule has 1 atom stereocenters. The maximum absolute atomic E-state index is 12.0. The number of hydrogen-bond donors (Lipinski definition) is 2. The standard InChI is InChI=1S/C14H20N2O4S/c1-9-6-12(21(15,18)19)7-10(2)14(9)16-13(17)8-11-4-3-5-20-11/h6-7,11H,3-5,8H2,1-2H3,(H,16,17)(H2,15,18,19). The van der Waals surface area contributed by atoms with Crippen LogP contribution in [0.2, 0.25) is 0 Å². The van der Waals surface area contributed by atoms with E-state index in [9.17, 15) is 13.2 Å². The summed E-state index contributed by atoms with van der Waals surface area (Å²) in [6.07, 6.45) is 2.18. The van der Waals surface area contributed by atoms with Gasteiger partial charge in [0, 0.05) is 12.3 Å². The third-order valence-corrected chi connectivity index (χ3v) is 4.43. The number of nitrogens with two attached hydrogens (primary N) is 1. The molecule has 3 N–H and O–H groups in total. The summed E-state index contributed by atoms with van der Waals surface area (Å²) in [4.78, 5) is 12.1. The number of rotatable bonds is 4. The van der Waals surface area contributed by atoms with Crippen molar-refractivity contribution in [3.63, 3.8) is 0 Å². The van der Waals surface area contributed by atoms with Crippen LogP contribution in [0.4, 0.5) is 5.69 Å². The highest BCUT2D eigenvalue weighted by Gasteiger charge is 2.20. The number of anilines is 1. The molecule has 1 amide bonds. The normalized spacial score (nSPS) is 18.7. The lowest BCUT2D eigenvalue weighted by atomic mass is 10.1. The van der Waals surface area contributed by atoms with E-state index in [1.165, 1.54) is 12.1 Å². The zero-order valence-corrected chi connectivity index (χ0v) is 13.0. The van der Waals surface area contributed by atoms with E-state index in [0.717, 1.165) is 12.8 Å². The molecule has 6 nitrogen and oxygen atoms in total. The Hall–Kier alpha value is -1.44. The summed E-state index contributed by atoms with van der Waals surface area (Å²) < 4.78 is 28.2. The third kappa shape index (κ3) is 4.03. The number of benzene rings is 1. The van der Waals surface area contributed by atoms with E-state index < -0.39 is 10.0 Å². The summed E-state index contributed by atoms with van der Waals surface area (Å²) in [7, 11) is -3.74. The molecule has 1 saturated heterocycles. The molecule has 7 heteroatoms. The van der Waals surface area contributed by atoms with Gasteiger partial charge in [0.15, 0.2) is 0 Å². The van der Waals surface area contributed by atoms with Gasteiger partial charge >= 0.3 is 0 Å². The number of hydrogen-bond acceptors (Lipinski definition) is 4. The Kier molecular flexibility index (Phi) is 4.65. The molecule has 0 aliphatic carbocycles. The van der Waals surface area contributed by atoms with E-state index in [0.29, 0.717) is 29.8 Å². The van der Waals surface area contributed by atoms with Gasteiger partial charge in [0.1, 0.15) is 0 Å². The number of carbonyl (C=O) groups excluding carboxylic acids is 1. The van der Waals surface area contributed by atoms with Crippen LogP contribution in [0.5, 0.6) is 0 Å². The zero-order chi connectivity index (χ0) is 15.6. The minimum atomic E-state index is -3.74. The molecular formula is C14H20N2O4S. The molecule has 0 bridgehead atoms. The summed E-state index contributed by atoms with van der Waals surface area (Å²) in [6.45, 7) is 4.19. The first kappa shape index (κ1) is 15.9. The Balaban J connectivity index is 2.14. The van der Waals surface area contributed by atoms with Gasteiger partial charge in [-0.2, -0.15) is 0 Å². The van der Waals surface area contributed by atoms with E-state index in [1.807, 2.05) is 0 Å². The van der Waals surface area contributed by atoms with Crippen molar-refractivity contribution in [3.05, 3.63) is 23.3 Å². The van der Waals surface area contributed by atoms with Gasteiger partial charge in [0.05, 0.1) is 17.4 Å². The van der Waals surface area contributed by atoms with Crippen LogP contribution in [0, 0.1) is 13.8 Å². The highest BCUT2D eigenvalue weighted by Crippen LogP contribution is 2.25. The van der Waals surface area contributed by atoms with Crippen molar-refractivity contribution < 1.29 is 17.9 Å². The Morgan fingerprint density at radius 3 is 2.48 bits per heavy atom. The molecular weight excluding hydrogens is 292 g/mol. The fraction of sp³-hybridized carbons (Fsp3) is 0.500. The van der Waals surface area contributed by atoms with Crippen molar-refractivity contribution in [2.75, 3.05) is 11.9 Å². The number of carbonyl (C=O) groups is 1. The fourth-order valence-corrected chi connectivity index (χ4v) is 3.17. The lowest BCUT2D eigenvalue weighted by Crippen LogP contribution is -2.20. The van der Waals surface area contributed by atoms with Gasteiger partial charge < -0.3 is 10.1 Å². The largest absolute Gasteiger partial charge is 0.378 e. The predicted octanol–water partition coefficient (Wildman–Crippen LogP) is 1.46. The third-order valence-electron chi connectivity index (χ3n) is 3.54. The molecule has 1 fully saturated rings. The van der Waals surface area contributed by atoms with Gasteiger partial charge in [-0.25, -0.2) is 13.6 Å². The molecule has 21 heavy (non-hydrogen) atoms. The molecule has 2 rings (SSSR count). The second kappa shape index (κ2) is 6.13. The fourth-order valence-electron chi connectivity index (χ4n) is 2.49. The van der Waals surface area contributed by atoms with Crippen molar-refractivity contribution in [2.24, 2.45) is 5.14 Å². The van der Waals surface area contributed by atoms with Crippen LogP contribution in [0.25, 0.3) is 0 Å². The number of nitrogens with one attached hydrogen (secondary N) is 1. The summed E-state index contributed by atoms with van der Waals surface area (Å²) >= 11 is 0. The molecule has 116 valence electrons. The van der Waals surface area contributed by atoms with Crippen LogP contribution >= 0.6 is 0 Å². The van der Waals surface area contributed by atoms with Crippen LogP contribution < -0.4 is 10.5 Å². The van der Waals surface area contributed by atoms with Gasteiger partial charge in [-0.15, -0.1) is 0 Å². The molecule has 1 aliphatic rings. The van der Waals surface area contributed by atoms with Gasteiger partial charge in [-0.05, 0) is 49.9 Å². The van der Waals surface area contributed by atoms with Crippen LogP contribution in [0.3, 0.4) is 0 Å². The molecule has 1 unspecified atom stereocenters. The summed E-state index contributed by atoms with van der Waals surface area (Å²) in [5.41, 5.74) is 1.96. The number of amides is 1. The average Bonchev–Trinajstić information content (AvgIpc) is 2.85. The Labute approximate surface area is 124 Å². The lowest BCUT2D eigenvalue weighted by Gasteiger charge is -2.15. The summed E-state index contributed by atoms with van der Waals surface area (Å²) in [5, 5.41) is 7.95. The molecule has 1 aliphatic heterocycles. The van der Waals surface area contributed by atoms with Gasteiger partial charge in [-0.1, -0.05) is 0 Å². The Bertz CT molecular complexity index is 626. The highest BCUT2D eigenvalue weighted by atomic mass is 32.2. The van der Waals surface area contributed by atoms with Crippen LogP contribution in [-0.2, 0) is 19.6 Å². The molecule has 0 aromatic heterocycles. The van der Waals surface area contributed by atoms with E-state index in [2.05, 4.69) is 5.32 Å². The zero-order valence-electron chi connectivity index (χ0n) is 12.2. The second-order valence-corrected chi connectivity index (χ2v) is 6.93. The lowest BCUT2D eigenvalue weighted by molar-refractivity contribution is -0.118. The van der Waals surface area contributed by atoms with Crippen molar-refractivity contribution in [3.8, 4) is 0 Å². The maximum atomic E-state index is 12.0. The first-order valence-electron chi connectivity index (χ1n) is 6.83. The van der Waals surface area contributed by atoms with Crippen molar-refractivity contribution in [2.45, 2.75) is 44.1 Å². The smallest absolute Gasteiger partial charge is 0.238 e. The van der Waals surface area contributed by atoms with E-state index in [-0.39, 0.29) is 16.9 Å². The molecule has 1 aromatic carbocycles. The van der Waals surface area contributed by atoms with Crippen LogP contribution in [0.15, 0.2) is 17.0 Å². The number of ether oxygens (including phenoxy) is 1. The molecule has 1 heterocycles. The summed E-state index contributed by atoms with van der Waals surface area (Å²) in [5.74, 6) is -0.128. The number of sulfonamides is 1. The van der Waals surface area contributed by atoms with E-state index in [4.69, 9.17) is 9.88 Å². The second-order valence-electron chi connectivity index (χ2n) is 5.36. The Morgan fingerprint density at radius 1 is 1.38 bits per heavy atom.